The highest BCUT2D eigenvalue weighted by molar-refractivity contribution is 7.90. The Hall–Kier alpha value is -2.68. The van der Waals surface area contributed by atoms with E-state index >= 15 is 0 Å². The summed E-state index contributed by atoms with van der Waals surface area (Å²) in [6, 6.07) is 5.27. The summed E-state index contributed by atoms with van der Waals surface area (Å²) < 4.78 is 27.6. The summed E-state index contributed by atoms with van der Waals surface area (Å²) in [5.74, 6) is -4.09. The maximum atomic E-state index is 11.3. The third kappa shape index (κ3) is 2.92. The smallest absolute Gasteiger partial charge is 0.374 e. The van der Waals surface area contributed by atoms with Crippen LogP contribution in [0, 0.1) is 0 Å². The van der Waals surface area contributed by atoms with E-state index in [1.807, 2.05) is 0 Å². The van der Waals surface area contributed by atoms with Gasteiger partial charge in [-0.15, -0.1) is 0 Å². The maximum Gasteiger partial charge on any atom is 0.374 e. The lowest BCUT2D eigenvalue weighted by molar-refractivity contribution is 0.0624. The van der Waals surface area contributed by atoms with E-state index in [1.54, 1.807) is 0 Å². The Morgan fingerprint density at radius 2 is 1.67 bits per heavy atom. The number of hydrogen-bond donors (Lipinski definition) is 2. The van der Waals surface area contributed by atoms with Crippen LogP contribution in [-0.2, 0) is 9.84 Å². The minimum absolute atomic E-state index is 0.0646. The van der Waals surface area contributed by atoms with E-state index in [2.05, 4.69) is 4.98 Å². The second-order valence-electron chi connectivity index (χ2n) is 4.10. The molecule has 8 nitrogen and oxygen atoms in total. The molecule has 0 aliphatic rings. The summed E-state index contributed by atoms with van der Waals surface area (Å²) in [7, 11) is -3.37. The van der Waals surface area contributed by atoms with Crippen LogP contribution < -0.4 is 0 Å². The van der Waals surface area contributed by atoms with Gasteiger partial charge >= 0.3 is 11.9 Å². The Kier molecular flexibility index (Phi) is 3.52. The summed E-state index contributed by atoms with van der Waals surface area (Å²) in [6.45, 7) is 0. The Morgan fingerprint density at radius 1 is 1.10 bits per heavy atom. The molecule has 0 atom stereocenters. The zero-order valence-corrected chi connectivity index (χ0v) is 11.4. The molecule has 0 spiro atoms. The molecule has 0 saturated heterocycles. The summed E-state index contributed by atoms with van der Waals surface area (Å²) in [5, 5.41) is 17.7. The number of hydrogen-bond acceptors (Lipinski definition) is 6. The standard InChI is InChI=1S/C12H9NO7S/c1-21(18,19)7-4-2-6(3-5-7)10-13-8(11(14)15)9(20-10)12(16)17/h2-5H,1H3,(H,14,15)(H,16,17). The quantitative estimate of drug-likeness (QED) is 0.858. The number of sulfone groups is 1. The van der Waals surface area contributed by atoms with Crippen molar-refractivity contribution in [3.05, 3.63) is 35.7 Å². The second kappa shape index (κ2) is 5.02. The van der Waals surface area contributed by atoms with Crippen LogP contribution in [0.5, 0.6) is 0 Å². The van der Waals surface area contributed by atoms with Gasteiger partial charge < -0.3 is 14.6 Å². The van der Waals surface area contributed by atoms with Crippen LogP contribution in [-0.4, -0.2) is 41.8 Å². The zero-order valence-electron chi connectivity index (χ0n) is 10.6. The lowest BCUT2D eigenvalue weighted by Crippen LogP contribution is -2.05. The minimum atomic E-state index is -3.37. The van der Waals surface area contributed by atoms with Gasteiger partial charge in [-0.25, -0.2) is 23.0 Å². The molecule has 110 valence electrons. The normalized spacial score (nSPS) is 11.3. The Bertz CT molecular complexity index is 786. The lowest BCUT2D eigenvalue weighted by atomic mass is 10.2. The van der Waals surface area contributed by atoms with Crippen LogP contribution in [0.2, 0.25) is 0 Å². The fourth-order valence-electron chi connectivity index (χ4n) is 1.58. The van der Waals surface area contributed by atoms with Gasteiger partial charge in [-0.3, -0.25) is 0 Å². The van der Waals surface area contributed by atoms with Gasteiger partial charge in [-0.1, -0.05) is 0 Å². The molecule has 0 unspecified atom stereocenters. The highest BCUT2D eigenvalue weighted by Gasteiger charge is 2.25. The van der Waals surface area contributed by atoms with Crippen LogP contribution in [0.4, 0.5) is 0 Å². The number of rotatable bonds is 4. The molecule has 9 heteroatoms. The van der Waals surface area contributed by atoms with Crippen molar-refractivity contribution in [1.29, 1.82) is 0 Å². The molecule has 21 heavy (non-hydrogen) atoms. The van der Waals surface area contributed by atoms with Crippen LogP contribution in [0.15, 0.2) is 33.6 Å². The summed E-state index contributed by atoms with van der Waals surface area (Å²) >= 11 is 0. The van der Waals surface area contributed by atoms with Gasteiger partial charge in [-0.05, 0) is 24.3 Å². The van der Waals surface area contributed by atoms with E-state index in [-0.39, 0.29) is 16.3 Å². The molecule has 0 radical (unpaired) electrons. The average Bonchev–Trinajstić information content (AvgIpc) is 2.83. The molecular formula is C12H9NO7S. The molecule has 2 rings (SSSR count). The van der Waals surface area contributed by atoms with Gasteiger partial charge in [0.05, 0.1) is 4.90 Å². The monoisotopic (exact) mass is 311 g/mol. The van der Waals surface area contributed by atoms with Crippen molar-refractivity contribution in [2.24, 2.45) is 0 Å². The van der Waals surface area contributed by atoms with Crippen molar-refractivity contribution >= 4 is 21.8 Å². The SMILES string of the molecule is CS(=O)(=O)c1ccc(-c2nc(C(=O)O)c(C(=O)O)o2)cc1. The summed E-state index contributed by atoms with van der Waals surface area (Å²) in [6.07, 6.45) is 1.04. The van der Waals surface area contributed by atoms with Gasteiger partial charge in [0.2, 0.25) is 17.3 Å². The van der Waals surface area contributed by atoms with Gasteiger partial charge in [0.25, 0.3) is 0 Å². The van der Waals surface area contributed by atoms with Gasteiger partial charge in [0, 0.05) is 11.8 Å². The van der Waals surface area contributed by atoms with Crippen molar-refractivity contribution < 1.29 is 32.6 Å². The largest absolute Gasteiger partial charge is 0.476 e. The molecular weight excluding hydrogens is 302 g/mol. The van der Waals surface area contributed by atoms with E-state index < -0.39 is 33.2 Å². The first-order chi connectivity index (χ1) is 9.70. The van der Waals surface area contributed by atoms with E-state index in [0.717, 1.165) is 6.26 Å². The first-order valence-corrected chi connectivity index (χ1v) is 7.37. The number of aromatic carboxylic acids is 2. The number of carboxylic acid groups (broad SMARTS) is 2. The van der Waals surface area contributed by atoms with Crippen LogP contribution in [0.25, 0.3) is 11.5 Å². The van der Waals surface area contributed by atoms with Crippen LogP contribution in [0.3, 0.4) is 0 Å². The number of oxazole rings is 1. The molecule has 2 aromatic rings. The summed E-state index contributed by atoms with van der Waals surface area (Å²) in [4.78, 5) is 25.4. The Morgan fingerprint density at radius 3 is 2.05 bits per heavy atom. The minimum Gasteiger partial charge on any atom is -0.476 e. The van der Waals surface area contributed by atoms with Gasteiger partial charge in [0.15, 0.2) is 9.84 Å². The Labute approximate surface area is 118 Å². The predicted octanol–water partition coefficient (Wildman–Crippen LogP) is 1.14. The molecule has 0 amide bonds. The molecule has 0 aliphatic heterocycles. The number of carboxylic acids is 2. The van der Waals surface area contributed by atoms with E-state index in [9.17, 15) is 18.0 Å². The van der Waals surface area contributed by atoms with Gasteiger partial charge in [-0.2, -0.15) is 0 Å². The fourth-order valence-corrected chi connectivity index (χ4v) is 2.21. The molecule has 0 aliphatic carbocycles. The fraction of sp³-hybridized carbons (Fsp3) is 0.0833. The van der Waals surface area contributed by atoms with Crippen molar-refractivity contribution in [3.63, 3.8) is 0 Å². The Balaban J connectivity index is 2.50. The van der Waals surface area contributed by atoms with E-state index in [0.29, 0.717) is 0 Å². The molecule has 1 aromatic heterocycles. The number of aromatic nitrogens is 1. The number of benzene rings is 1. The number of nitrogens with zero attached hydrogens (tertiary/aromatic N) is 1. The summed E-state index contributed by atoms with van der Waals surface area (Å²) in [5.41, 5.74) is -0.456. The first-order valence-electron chi connectivity index (χ1n) is 5.48. The zero-order chi connectivity index (χ0) is 15.8. The third-order valence-electron chi connectivity index (χ3n) is 2.55. The van der Waals surface area contributed by atoms with Crippen molar-refractivity contribution in [3.8, 4) is 11.5 Å². The molecule has 0 fully saturated rings. The van der Waals surface area contributed by atoms with Crippen molar-refractivity contribution in [1.82, 2.24) is 4.98 Å². The molecule has 1 aromatic carbocycles. The van der Waals surface area contributed by atoms with E-state index in [4.69, 9.17) is 14.6 Å². The van der Waals surface area contributed by atoms with Crippen molar-refractivity contribution in [2.45, 2.75) is 4.90 Å². The lowest BCUT2D eigenvalue weighted by Gasteiger charge is -1.99. The third-order valence-corrected chi connectivity index (χ3v) is 3.68. The highest BCUT2D eigenvalue weighted by atomic mass is 32.2. The highest BCUT2D eigenvalue weighted by Crippen LogP contribution is 2.23. The molecule has 0 bridgehead atoms. The van der Waals surface area contributed by atoms with Crippen LogP contribution >= 0.6 is 0 Å². The van der Waals surface area contributed by atoms with Gasteiger partial charge in [0.1, 0.15) is 0 Å². The topological polar surface area (TPSA) is 135 Å². The molecule has 0 saturated carbocycles. The van der Waals surface area contributed by atoms with Crippen molar-refractivity contribution in [2.75, 3.05) is 6.26 Å². The van der Waals surface area contributed by atoms with E-state index in [1.165, 1.54) is 24.3 Å². The van der Waals surface area contributed by atoms with Crippen LogP contribution in [0.1, 0.15) is 21.0 Å². The maximum absolute atomic E-state index is 11.3. The molecule has 1 heterocycles. The molecule has 2 N–H and O–H groups in total. The number of carbonyl (C=O) groups is 2. The first kappa shape index (κ1) is 14.7. The second-order valence-corrected chi connectivity index (χ2v) is 6.12. The average molecular weight is 311 g/mol. The predicted molar refractivity (Wildman–Crippen MR) is 69.0 cm³/mol.